The maximum absolute atomic E-state index is 12.4. The van der Waals surface area contributed by atoms with Crippen molar-refractivity contribution in [1.82, 2.24) is 10.2 Å². The van der Waals surface area contributed by atoms with E-state index >= 15 is 0 Å². The molecule has 0 aliphatic carbocycles. The van der Waals surface area contributed by atoms with E-state index in [1.807, 2.05) is 4.90 Å². The summed E-state index contributed by atoms with van der Waals surface area (Å²) in [5.41, 5.74) is 0.448. The predicted molar refractivity (Wildman–Crippen MR) is 80.6 cm³/mol. The minimum atomic E-state index is -0.445. The molecule has 0 spiro atoms. The number of carbonyl (C=O) groups is 1. The van der Waals surface area contributed by atoms with Crippen molar-refractivity contribution in [2.75, 3.05) is 19.6 Å². The molecule has 0 aromatic carbocycles. The molecule has 0 bridgehead atoms. The van der Waals surface area contributed by atoms with Crippen LogP contribution in [0.3, 0.4) is 0 Å². The highest BCUT2D eigenvalue weighted by atomic mass is 32.1. The molecular formula is C14H19N3O3S. The number of nitro groups is 1. The molecule has 2 aliphatic rings. The minimum Gasteiger partial charge on any atom is -0.339 e. The molecule has 2 aliphatic heterocycles. The predicted octanol–water partition coefficient (Wildman–Crippen LogP) is 2.26. The fourth-order valence-corrected chi connectivity index (χ4v) is 4.03. The summed E-state index contributed by atoms with van der Waals surface area (Å²) in [7, 11) is 0. The highest BCUT2D eigenvalue weighted by molar-refractivity contribution is 7.13. The summed E-state index contributed by atoms with van der Waals surface area (Å²) < 4.78 is 0. The molecule has 3 rings (SSSR count). The van der Waals surface area contributed by atoms with Crippen LogP contribution in [0.1, 0.15) is 36.0 Å². The van der Waals surface area contributed by atoms with Crippen molar-refractivity contribution in [3.05, 3.63) is 27.1 Å². The van der Waals surface area contributed by atoms with Gasteiger partial charge in [0.2, 0.25) is 0 Å². The van der Waals surface area contributed by atoms with Crippen LogP contribution >= 0.6 is 11.3 Å². The van der Waals surface area contributed by atoms with Crippen molar-refractivity contribution in [2.45, 2.75) is 31.7 Å². The van der Waals surface area contributed by atoms with Crippen LogP contribution in [0, 0.1) is 16.0 Å². The van der Waals surface area contributed by atoms with Gasteiger partial charge in [0.05, 0.1) is 10.5 Å². The third-order valence-corrected chi connectivity index (χ3v) is 5.39. The third kappa shape index (κ3) is 3.08. The van der Waals surface area contributed by atoms with Gasteiger partial charge in [-0.3, -0.25) is 14.9 Å². The van der Waals surface area contributed by atoms with Crippen LogP contribution in [0.5, 0.6) is 0 Å². The third-order valence-electron chi connectivity index (χ3n) is 4.51. The molecule has 1 aromatic heterocycles. The smallest absolute Gasteiger partial charge is 0.324 e. The molecule has 21 heavy (non-hydrogen) atoms. The number of likely N-dealkylation sites (tertiary alicyclic amines) is 1. The first-order valence-electron chi connectivity index (χ1n) is 7.41. The summed E-state index contributed by atoms with van der Waals surface area (Å²) >= 11 is 1.01. The Hall–Kier alpha value is -1.47. The van der Waals surface area contributed by atoms with E-state index in [-0.39, 0.29) is 10.9 Å². The van der Waals surface area contributed by atoms with Gasteiger partial charge >= 0.3 is 5.00 Å². The van der Waals surface area contributed by atoms with Crippen LogP contribution in [0.15, 0.2) is 11.4 Å². The Kier molecular flexibility index (Phi) is 4.21. The second-order valence-electron chi connectivity index (χ2n) is 5.76. The lowest BCUT2D eigenvalue weighted by atomic mass is 9.88. The Labute approximate surface area is 127 Å². The molecule has 1 unspecified atom stereocenters. The Morgan fingerprint density at radius 3 is 2.71 bits per heavy atom. The maximum Gasteiger partial charge on any atom is 0.324 e. The number of thiophene rings is 1. The lowest BCUT2D eigenvalue weighted by Gasteiger charge is -2.34. The van der Waals surface area contributed by atoms with E-state index in [0.29, 0.717) is 17.5 Å². The first-order chi connectivity index (χ1) is 10.1. The Morgan fingerprint density at radius 2 is 2.14 bits per heavy atom. The van der Waals surface area contributed by atoms with Crippen molar-refractivity contribution in [1.29, 1.82) is 0 Å². The summed E-state index contributed by atoms with van der Waals surface area (Å²) in [5.74, 6) is 0.588. The van der Waals surface area contributed by atoms with E-state index in [1.54, 1.807) is 5.38 Å². The molecule has 2 fully saturated rings. The van der Waals surface area contributed by atoms with Crippen molar-refractivity contribution >= 4 is 22.2 Å². The summed E-state index contributed by atoms with van der Waals surface area (Å²) in [6.45, 7) is 2.62. The fraction of sp³-hybridized carbons (Fsp3) is 0.643. The fourth-order valence-electron chi connectivity index (χ4n) is 3.33. The lowest BCUT2D eigenvalue weighted by molar-refractivity contribution is -0.380. The van der Waals surface area contributed by atoms with Crippen molar-refractivity contribution in [3.8, 4) is 0 Å². The Bertz CT molecular complexity index is 531. The van der Waals surface area contributed by atoms with Gasteiger partial charge in [0.15, 0.2) is 0 Å². The molecular weight excluding hydrogens is 290 g/mol. The van der Waals surface area contributed by atoms with Gasteiger partial charge in [0, 0.05) is 30.6 Å². The van der Waals surface area contributed by atoms with Crippen LogP contribution in [-0.2, 0) is 0 Å². The van der Waals surface area contributed by atoms with Crippen LogP contribution in [-0.4, -0.2) is 41.4 Å². The second kappa shape index (κ2) is 6.11. The molecule has 1 amide bonds. The summed E-state index contributed by atoms with van der Waals surface area (Å²) in [6, 6.07) is 2.00. The molecule has 2 saturated heterocycles. The molecule has 3 heterocycles. The minimum absolute atomic E-state index is 0.0309. The van der Waals surface area contributed by atoms with Gasteiger partial charge in [-0.05, 0) is 38.1 Å². The first-order valence-corrected chi connectivity index (χ1v) is 8.28. The van der Waals surface area contributed by atoms with Crippen molar-refractivity contribution in [2.24, 2.45) is 5.92 Å². The zero-order chi connectivity index (χ0) is 14.8. The molecule has 1 N–H and O–H groups in total. The first kappa shape index (κ1) is 14.5. The van der Waals surface area contributed by atoms with Crippen LogP contribution in [0.25, 0.3) is 0 Å². The Morgan fingerprint density at radius 1 is 1.38 bits per heavy atom. The summed E-state index contributed by atoms with van der Waals surface area (Å²) in [6.07, 6.45) is 4.54. The number of rotatable bonds is 3. The van der Waals surface area contributed by atoms with Gasteiger partial charge in [0.1, 0.15) is 0 Å². The Balaban J connectivity index is 1.58. The molecule has 0 radical (unpaired) electrons. The van der Waals surface area contributed by atoms with Gasteiger partial charge in [-0.2, -0.15) is 0 Å². The molecule has 1 atom stereocenters. The van der Waals surface area contributed by atoms with E-state index in [9.17, 15) is 14.9 Å². The number of amides is 1. The van der Waals surface area contributed by atoms with Crippen LogP contribution in [0.4, 0.5) is 5.00 Å². The average molecular weight is 309 g/mol. The highest BCUT2D eigenvalue weighted by Crippen LogP contribution is 2.28. The number of nitrogens with one attached hydrogen (secondary N) is 1. The van der Waals surface area contributed by atoms with E-state index in [1.165, 1.54) is 18.9 Å². The largest absolute Gasteiger partial charge is 0.339 e. The quantitative estimate of drug-likeness (QED) is 0.686. The summed E-state index contributed by atoms with van der Waals surface area (Å²) in [5, 5.41) is 15.8. The van der Waals surface area contributed by atoms with E-state index in [0.717, 1.165) is 43.8 Å². The van der Waals surface area contributed by atoms with Crippen LogP contribution < -0.4 is 5.32 Å². The highest BCUT2D eigenvalue weighted by Gasteiger charge is 2.30. The number of hydrogen-bond donors (Lipinski definition) is 1. The van der Waals surface area contributed by atoms with Crippen molar-refractivity contribution in [3.63, 3.8) is 0 Å². The van der Waals surface area contributed by atoms with Gasteiger partial charge in [-0.1, -0.05) is 11.3 Å². The van der Waals surface area contributed by atoms with Gasteiger partial charge in [-0.25, -0.2) is 0 Å². The standard InChI is InChI=1S/C14H19N3O3S/c18-14(11-8-13(17(19)20)21-9-11)16-6-3-10(4-7-16)12-2-1-5-15-12/h8-10,12,15H,1-7H2. The van der Waals surface area contributed by atoms with Gasteiger partial charge < -0.3 is 10.2 Å². The maximum atomic E-state index is 12.4. The number of piperidine rings is 1. The topological polar surface area (TPSA) is 75.5 Å². The van der Waals surface area contributed by atoms with Crippen LogP contribution in [0.2, 0.25) is 0 Å². The SMILES string of the molecule is O=C(c1csc([N+](=O)[O-])c1)N1CCC(C2CCCN2)CC1. The monoisotopic (exact) mass is 309 g/mol. The van der Waals surface area contributed by atoms with E-state index in [2.05, 4.69) is 5.32 Å². The molecule has 1 aromatic rings. The average Bonchev–Trinajstić information content (AvgIpc) is 3.18. The lowest BCUT2D eigenvalue weighted by Crippen LogP contribution is -2.43. The number of hydrogen-bond acceptors (Lipinski definition) is 5. The van der Waals surface area contributed by atoms with Crippen molar-refractivity contribution < 1.29 is 9.72 Å². The normalized spacial score (nSPS) is 23.4. The number of carbonyl (C=O) groups excluding carboxylic acids is 1. The van der Waals surface area contributed by atoms with Gasteiger partial charge in [-0.15, -0.1) is 0 Å². The zero-order valence-corrected chi connectivity index (χ0v) is 12.6. The second-order valence-corrected chi connectivity index (χ2v) is 6.65. The molecule has 6 nitrogen and oxygen atoms in total. The summed E-state index contributed by atoms with van der Waals surface area (Å²) in [4.78, 5) is 24.4. The van der Waals surface area contributed by atoms with E-state index < -0.39 is 4.92 Å². The molecule has 0 saturated carbocycles. The number of nitrogens with zero attached hydrogens (tertiary/aromatic N) is 2. The van der Waals surface area contributed by atoms with Gasteiger partial charge in [0.25, 0.3) is 5.91 Å². The zero-order valence-electron chi connectivity index (χ0n) is 11.8. The van der Waals surface area contributed by atoms with E-state index in [4.69, 9.17) is 0 Å². The molecule has 114 valence electrons. The molecule has 7 heteroatoms.